The Morgan fingerprint density at radius 1 is 0.491 bits per heavy atom. The fourth-order valence-corrected chi connectivity index (χ4v) is 10.9. The van der Waals surface area contributed by atoms with Crippen LogP contribution in [-0.4, -0.2) is 227 Å². The van der Waals surface area contributed by atoms with Crippen molar-refractivity contribution in [1.82, 2.24) is 74.4 Å². The number of carbonyl (C=O) groups is 15. The number of hydrogen-bond acceptors (Lipinski definition) is 22. The van der Waals surface area contributed by atoms with Crippen LogP contribution in [-0.2, 0) is 99.1 Å². The van der Waals surface area contributed by atoms with E-state index in [9.17, 15) is 63.0 Å². The van der Waals surface area contributed by atoms with Gasteiger partial charge in [0.1, 0.15) is 76.3 Å². The molecule has 0 spiro atoms. The summed E-state index contributed by atoms with van der Waals surface area (Å²) in [5.74, 6) is -11.2. The molecular formula is C77H129N14O22W-. The number of nitrogens with one attached hydrogen (secondary N) is 14. The summed E-state index contributed by atoms with van der Waals surface area (Å²) in [6, 6.07) is -5.27. The van der Waals surface area contributed by atoms with E-state index < -0.39 is 217 Å². The van der Waals surface area contributed by atoms with Gasteiger partial charge in [-0.1, -0.05) is 57.5 Å². The molecule has 1 fully saturated rings. The Balaban J connectivity index is 0.0000650. The first-order valence-corrected chi connectivity index (χ1v) is 38.7. The molecule has 1 aliphatic heterocycles. The van der Waals surface area contributed by atoms with Crippen LogP contribution in [0.25, 0.3) is 0 Å². The zero-order valence-electron chi connectivity index (χ0n) is 69.8. The summed E-state index contributed by atoms with van der Waals surface area (Å²) < 4.78 is 26.8. The number of ketones is 1. The molecule has 0 saturated carbocycles. The van der Waals surface area contributed by atoms with Crippen LogP contribution in [0, 0.1) is 18.3 Å². The fraction of sp³-hybridized carbons (Fsp3) is 0.714. The molecule has 16 N–H and O–H groups in total. The molecular weight excluding hydrogens is 1660 g/mol. The van der Waals surface area contributed by atoms with E-state index in [1.54, 1.807) is 155 Å². The molecule has 36 nitrogen and oxygen atoms in total. The predicted molar refractivity (Wildman–Crippen MR) is 416 cm³/mol. The van der Waals surface area contributed by atoms with Gasteiger partial charge in [0.2, 0.25) is 53.2 Å². The van der Waals surface area contributed by atoms with Gasteiger partial charge in [0.25, 0.3) is 0 Å². The van der Waals surface area contributed by atoms with Crippen LogP contribution in [0.3, 0.4) is 0 Å². The van der Waals surface area contributed by atoms with Crippen LogP contribution in [0.2, 0.25) is 0 Å². The van der Waals surface area contributed by atoms with Crippen molar-refractivity contribution in [2.75, 3.05) is 39.3 Å². The standard InChI is InChI=1S/C77H129N14O22.W/c1-20-57(94)49(31-25-24-29-48(93)30-26-37-79-68(104)109-73(5,6)7)59(95)84-50(33-39-80-69(105)110-74(8,9)10)60(96)85-51-32-38-78-67(103)58(46(4)92)91-64(100)54(36-42-83-72(108)113-77(17,18)19)87-62(98)52(34-40-81-70(106)111-75(11,12)13)88-65(101)55(43-45(2)3)89-66(102)56(44-47-27-22-21-23-28-47)90-63(99)53(86-61(51)97)35-41-82-71(107)112-76(14,15)16;/h21-23,27-28,30,45-46,49-58,92,94H,20,24-26,29,31-44H2,1-19H3,(H,78,103)(H,79,104)(H,80,105)(H,81,106)(H,82,107)(H,83,108)(H,84,95)(H,85,96)(H,86,97)(H,87,98)(H,88,101)(H,89,102)(H,90,99)(H,91,100);/q-1;/t46-,49+,50+,51+,52+,53+,54+,55+,56-,57-,58+;/m1./s1. The first-order valence-electron chi connectivity index (χ1n) is 38.7. The number of Topliss-reactive ketones (excluding diaryl/α,β-unsaturated/α-hetero) is 1. The summed E-state index contributed by atoms with van der Waals surface area (Å²) in [7, 11) is 0. The number of carbonyl (C=O) groups excluding carboxylic acids is 15. The molecule has 1 heterocycles. The van der Waals surface area contributed by atoms with E-state index >= 15 is 19.2 Å². The number of rotatable bonds is 32. The smallest absolute Gasteiger partial charge is 0.407 e. The quantitative estimate of drug-likeness (QED) is 0.0279. The first-order chi connectivity index (χ1) is 52.3. The van der Waals surface area contributed by atoms with E-state index in [1.165, 1.54) is 6.42 Å². The minimum atomic E-state index is -1.88. The number of benzene rings is 1. The Bertz CT molecular complexity index is 3310. The second-order valence-electron chi connectivity index (χ2n) is 33.1. The molecule has 114 heavy (non-hydrogen) atoms. The van der Waals surface area contributed by atoms with Crippen LogP contribution >= 0.6 is 0 Å². The van der Waals surface area contributed by atoms with Gasteiger partial charge in [0.05, 0.1) is 18.1 Å². The summed E-state index contributed by atoms with van der Waals surface area (Å²) in [4.78, 5) is 211. The van der Waals surface area contributed by atoms with Crippen molar-refractivity contribution in [1.29, 1.82) is 0 Å². The number of hydrogen-bond donors (Lipinski definition) is 16. The SMILES string of the molecule is CC[C@@H](O)[C@H](CCCCC(=O)[CH-]CCNC(=O)OC(C)(C)C)C(=O)N[C@@H](CCNC(=O)OC(C)(C)C)C(=O)N[C@H]1CCNC(=O)[C@H]([C@@H](C)O)NC(=O)[C@H](CCNC(=O)OC(C)(C)C)NC(=O)[C@H](CCNC(=O)OC(C)(C)C)NC(=O)[C@H](CC(C)C)NC(=O)[C@@H](Cc2ccccc2)NC(=O)[C@H](CCNC(=O)OC(C)(C)C)NC1=O.[W]. The van der Waals surface area contributed by atoms with Gasteiger partial charge in [0.15, 0.2) is 0 Å². The molecule has 0 aliphatic carbocycles. The number of alkyl carbamates (subject to hydrolysis) is 5. The van der Waals surface area contributed by atoms with Crippen molar-refractivity contribution in [3.8, 4) is 0 Å². The van der Waals surface area contributed by atoms with Crippen molar-refractivity contribution in [2.45, 2.75) is 304 Å². The summed E-state index contributed by atoms with van der Waals surface area (Å²) in [5, 5.41) is 58.7. The van der Waals surface area contributed by atoms with Gasteiger partial charge in [-0.3, -0.25) is 43.2 Å². The molecule has 1 aromatic rings. The molecule has 11 atom stereocenters. The molecule has 0 bridgehead atoms. The van der Waals surface area contributed by atoms with Crippen molar-refractivity contribution in [3.63, 3.8) is 0 Å². The Kier molecular flexibility index (Phi) is 44.8. The molecule has 0 aromatic heterocycles. The molecule has 1 saturated heterocycles. The largest absolute Gasteiger partial charge is 0.444 e. The zero-order valence-corrected chi connectivity index (χ0v) is 72.7. The Morgan fingerprint density at radius 2 is 0.886 bits per heavy atom. The monoisotopic (exact) mass is 1790 g/mol. The third-order valence-corrected chi connectivity index (χ3v) is 16.2. The summed E-state index contributed by atoms with van der Waals surface area (Å²) >= 11 is 0. The van der Waals surface area contributed by atoms with E-state index in [1.807, 2.05) is 0 Å². The maximum Gasteiger partial charge on any atom is 0.407 e. The van der Waals surface area contributed by atoms with Gasteiger partial charge in [-0.05, 0) is 199 Å². The van der Waals surface area contributed by atoms with E-state index in [2.05, 4.69) is 74.4 Å². The van der Waals surface area contributed by atoms with Crippen LogP contribution in [0.15, 0.2) is 30.3 Å². The van der Waals surface area contributed by atoms with Gasteiger partial charge in [0, 0.05) is 60.2 Å². The molecule has 2 rings (SSSR count). The van der Waals surface area contributed by atoms with Crippen molar-refractivity contribution in [3.05, 3.63) is 42.3 Å². The molecule has 0 unspecified atom stereocenters. The molecule has 646 valence electrons. The Hall–Kier alpha value is -9.05. The topological polar surface area (TPSA) is 511 Å². The summed E-state index contributed by atoms with van der Waals surface area (Å²) in [6.45, 7) is 28.7. The van der Waals surface area contributed by atoms with Gasteiger partial charge in [-0.15, -0.1) is 6.42 Å². The first kappa shape index (κ1) is 103. The maximum absolute atomic E-state index is 15.3. The third-order valence-electron chi connectivity index (χ3n) is 16.2. The molecule has 0 radical (unpaired) electrons. The van der Waals surface area contributed by atoms with E-state index in [-0.39, 0.29) is 117 Å². The van der Waals surface area contributed by atoms with Crippen LogP contribution in [0.5, 0.6) is 0 Å². The van der Waals surface area contributed by atoms with Crippen LogP contribution in [0.4, 0.5) is 24.0 Å². The zero-order chi connectivity index (χ0) is 85.8. The predicted octanol–water partition coefficient (Wildman–Crippen LogP) is 3.35. The number of unbranched alkanes of at least 4 members (excludes halogenated alkanes) is 1. The third kappa shape index (κ3) is 45.1. The van der Waals surface area contributed by atoms with Gasteiger partial charge < -0.3 is 120 Å². The molecule has 1 aromatic carbocycles. The van der Waals surface area contributed by atoms with Crippen molar-refractivity contribution >= 4 is 89.4 Å². The average molecular weight is 1790 g/mol. The van der Waals surface area contributed by atoms with Crippen molar-refractivity contribution in [2.24, 2.45) is 11.8 Å². The second kappa shape index (κ2) is 49.7. The fourth-order valence-electron chi connectivity index (χ4n) is 10.9. The number of aliphatic hydroxyl groups excluding tert-OH is 2. The number of aliphatic hydroxyl groups is 2. The second-order valence-corrected chi connectivity index (χ2v) is 33.1. The van der Waals surface area contributed by atoms with Crippen LogP contribution in [0.1, 0.15) is 214 Å². The van der Waals surface area contributed by atoms with Crippen LogP contribution < -0.4 is 74.4 Å². The van der Waals surface area contributed by atoms with Gasteiger partial charge in [-0.2, -0.15) is 0 Å². The maximum atomic E-state index is 15.3. The normalized spacial score (nSPS) is 19.8. The molecule has 37 heteroatoms. The van der Waals surface area contributed by atoms with Gasteiger partial charge in [-0.25, -0.2) is 24.0 Å². The minimum absolute atomic E-state index is 0. The number of ether oxygens (including phenoxy) is 5. The average Bonchev–Trinajstić information content (AvgIpc) is 1.11. The van der Waals surface area contributed by atoms with E-state index in [0.29, 0.717) is 5.56 Å². The summed E-state index contributed by atoms with van der Waals surface area (Å²) in [6.07, 6.45) is -7.75. The Morgan fingerprint density at radius 3 is 1.32 bits per heavy atom. The van der Waals surface area contributed by atoms with E-state index in [4.69, 9.17) is 23.7 Å². The van der Waals surface area contributed by atoms with Gasteiger partial charge >= 0.3 is 30.5 Å². The van der Waals surface area contributed by atoms with Crippen molar-refractivity contribution < 1.29 is 127 Å². The minimum Gasteiger partial charge on any atom is -0.444 e. The number of amides is 14. The Labute approximate surface area is 684 Å². The molecule has 14 amide bonds. The molecule has 1 aliphatic rings. The summed E-state index contributed by atoms with van der Waals surface area (Å²) in [5.41, 5.74) is -4.15. The van der Waals surface area contributed by atoms with E-state index in [0.717, 1.165) is 6.92 Å².